The Balaban J connectivity index is 0.000000360. The number of ether oxygens (including phenoxy) is 1. The van der Waals surface area contributed by atoms with E-state index >= 15 is 0 Å². The molecule has 0 amide bonds. The van der Waals surface area contributed by atoms with E-state index in [1.807, 2.05) is 24.3 Å². The number of nitrogens with one attached hydrogen (secondary N) is 1. The molecule has 0 aromatic carbocycles. The van der Waals surface area contributed by atoms with Gasteiger partial charge in [0.25, 0.3) is 0 Å². The second-order valence-electron chi connectivity index (χ2n) is 6.58. The molecule has 0 saturated carbocycles. The first-order valence-electron chi connectivity index (χ1n) is 9.48. The van der Waals surface area contributed by atoms with Gasteiger partial charge in [-0.3, -0.25) is 4.90 Å². The summed E-state index contributed by atoms with van der Waals surface area (Å²) in [5.74, 6) is -0.475. The Morgan fingerprint density at radius 1 is 1.19 bits per heavy atom. The number of anilines is 2. The summed E-state index contributed by atoms with van der Waals surface area (Å²) in [5.41, 5.74) is 0. The SMILES string of the molecule is O=C(O)C(F)(F)F.c1ccc(Nc2ccnc(C3COCCN3Cc3cccs3)n2)nc1. The van der Waals surface area contributed by atoms with Crippen LogP contribution in [0.4, 0.5) is 24.8 Å². The van der Waals surface area contributed by atoms with Gasteiger partial charge in [0.1, 0.15) is 17.5 Å². The van der Waals surface area contributed by atoms with Gasteiger partial charge in [0.05, 0.1) is 19.3 Å². The minimum atomic E-state index is -5.08. The first-order chi connectivity index (χ1) is 15.3. The summed E-state index contributed by atoms with van der Waals surface area (Å²) < 4.78 is 37.4. The maximum Gasteiger partial charge on any atom is 0.490 e. The molecule has 1 fully saturated rings. The lowest BCUT2D eigenvalue weighted by Crippen LogP contribution is -2.39. The largest absolute Gasteiger partial charge is 0.490 e. The Hall–Kier alpha value is -3.09. The number of alkyl halides is 3. The van der Waals surface area contributed by atoms with Crippen LogP contribution in [-0.2, 0) is 16.1 Å². The summed E-state index contributed by atoms with van der Waals surface area (Å²) in [5, 5.41) is 12.5. The Morgan fingerprint density at radius 3 is 2.66 bits per heavy atom. The van der Waals surface area contributed by atoms with E-state index in [4.69, 9.17) is 19.6 Å². The van der Waals surface area contributed by atoms with Crippen LogP contribution in [0.2, 0.25) is 0 Å². The summed E-state index contributed by atoms with van der Waals surface area (Å²) in [6.45, 7) is 3.13. The lowest BCUT2D eigenvalue weighted by molar-refractivity contribution is -0.192. The molecule has 4 rings (SSSR count). The molecule has 12 heteroatoms. The molecule has 2 N–H and O–H groups in total. The molecule has 170 valence electrons. The average Bonchev–Trinajstić information content (AvgIpc) is 3.28. The van der Waals surface area contributed by atoms with Crippen molar-refractivity contribution in [3.8, 4) is 0 Å². The number of pyridine rings is 1. The molecule has 1 aliphatic rings. The van der Waals surface area contributed by atoms with Crippen LogP contribution in [0.25, 0.3) is 0 Å². The van der Waals surface area contributed by atoms with Crippen molar-refractivity contribution in [2.45, 2.75) is 18.8 Å². The molecule has 0 bridgehead atoms. The van der Waals surface area contributed by atoms with E-state index in [-0.39, 0.29) is 6.04 Å². The van der Waals surface area contributed by atoms with Gasteiger partial charge in [0.15, 0.2) is 0 Å². The van der Waals surface area contributed by atoms with Gasteiger partial charge in [0.2, 0.25) is 0 Å². The van der Waals surface area contributed by atoms with Crippen LogP contribution >= 0.6 is 11.3 Å². The van der Waals surface area contributed by atoms with Crippen LogP contribution in [0.15, 0.2) is 54.2 Å². The lowest BCUT2D eigenvalue weighted by Gasteiger charge is -2.34. The summed E-state index contributed by atoms with van der Waals surface area (Å²) in [6.07, 6.45) is -1.55. The number of carboxylic acid groups (broad SMARTS) is 1. The van der Waals surface area contributed by atoms with Crippen LogP contribution in [0.3, 0.4) is 0 Å². The first kappa shape index (κ1) is 23.6. The van der Waals surface area contributed by atoms with E-state index in [2.05, 4.69) is 37.7 Å². The highest BCUT2D eigenvalue weighted by Crippen LogP contribution is 2.26. The number of hydrogen-bond donors (Lipinski definition) is 2. The normalized spacial score (nSPS) is 16.7. The second kappa shape index (κ2) is 11.0. The van der Waals surface area contributed by atoms with Gasteiger partial charge in [-0.25, -0.2) is 19.7 Å². The number of hydrogen-bond acceptors (Lipinski definition) is 8. The maximum atomic E-state index is 10.6. The molecule has 4 heterocycles. The molecule has 3 aromatic rings. The van der Waals surface area contributed by atoms with Gasteiger partial charge in [-0.2, -0.15) is 13.2 Å². The number of morpholine rings is 1. The topological polar surface area (TPSA) is 100 Å². The number of carboxylic acids is 1. The van der Waals surface area contributed by atoms with Crippen molar-refractivity contribution >= 4 is 28.9 Å². The Labute approximate surface area is 185 Å². The number of aromatic nitrogens is 3. The van der Waals surface area contributed by atoms with E-state index in [1.54, 1.807) is 23.7 Å². The third-order valence-electron chi connectivity index (χ3n) is 4.31. The van der Waals surface area contributed by atoms with E-state index in [0.717, 1.165) is 37.2 Å². The monoisotopic (exact) mass is 467 g/mol. The number of carbonyl (C=O) groups is 1. The summed E-state index contributed by atoms with van der Waals surface area (Å²) in [6, 6.07) is 11.9. The Bertz CT molecular complexity index is 990. The molecule has 1 saturated heterocycles. The zero-order valence-corrected chi connectivity index (χ0v) is 17.5. The highest BCUT2D eigenvalue weighted by Gasteiger charge is 2.38. The van der Waals surface area contributed by atoms with Crippen molar-refractivity contribution in [3.05, 3.63) is 64.9 Å². The maximum absolute atomic E-state index is 10.6. The molecule has 0 radical (unpaired) electrons. The van der Waals surface area contributed by atoms with Crippen molar-refractivity contribution in [1.82, 2.24) is 19.9 Å². The third-order valence-corrected chi connectivity index (χ3v) is 5.18. The zero-order chi connectivity index (χ0) is 23.0. The Kier molecular flexibility index (Phi) is 8.09. The molecule has 1 atom stereocenters. The molecule has 0 spiro atoms. The van der Waals surface area contributed by atoms with Crippen molar-refractivity contribution in [2.75, 3.05) is 25.1 Å². The van der Waals surface area contributed by atoms with E-state index in [0.29, 0.717) is 6.61 Å². The zero-order valence-electron chi connectivity index (χ0n) is 16.7. The van der Waals surface area contributed by atoms with Crippen LogP contribution in [0.1, 0.15) is 16.7 Å². The smallest absolute Gasteiger partial charge is 0.475 e. The molecule has 1 aliphatic heterocycles. The van der Waals surface area contributed by atoms with Gasteiger partial charge in [-0.15, -0.1) is 11.3 Å². The van der Waals surface area contributed by atoms with Crippen molar-refractivity contribution < 1.29 is 27.8 Å². The van der Waals surface area contributed by atoms with Crippen LogP contribution in [-0.4, -0.2) is 56.9 Å². The lowest BCUT2D eigenvalue weighted by atomic mass is 10.2. The fourth-order valence-corrected chi connectivity index (χ4v) is 3.57. The third kappa shape index (κ3) is 6.97. The van der Waals surface area contributed by atoms with Crippen molar-refractivity contribution in [1.29, 1.82) is 0 Å². The van der Waals surface area contributed by atoms with Crippen LogP contribution in [0, 0.1) is 0 Å². The summed E-state index contributed by atoms with van der Waals surface area (Å²) in [7, 11) is 0. The molecule has 8 nitrogen and oxygen atoms in total. The average molecular weight is 467 g/mol. The van der Waals surface area contributed by atoms with Gasteiger partial charge >= 0.3 is 12.1 Å². The highest BCUT2D eigenvalue weighted by molar-refractivity contribution is 7.09. The van der Waals surface area contributed by atoms with Gasteiger partial charge in [0, 0.05) is 30.4 Å². The molecule has 32 heavy (non-hydrogen) atoms. The van der Waals surface area contributed by atoms with Crippen molar-refractivity contribution in [2.24, 2.45) is 0 Å². The van der Waals surface area contributed by atoms with Gasteiger partial charge in [-0.1, -0.05) is 12.1 Å². The molecular formula is C20H20F3N5O3S. The van der Waals surface area contributed by atoms with E-state index in [1.165, 1.54) is 4.88 Å². The van der Waals surface area contributed by atoms with Crippen LogP contribution in [0.5, 0.6) is 0 Å². The minimum absolute atomic E-state index is 0.0568. The summed E-state index contributed by atoms with van der Waals surface area (Å²) >= 11 is 1.77. The van der Waals surface area contributed by atoms with Gasteiger partial charge in [-0.05, 0) is 29.6 Å². The van der Waals surface area contributed by atoms with E-state index in [9.17, 15) is 13.2 Å². The number of nitrogens with zero attached hydrogens (tertiary/aromatic N) is 4. The molecule has 1 unspecified atom stereocenters. The highest BCUT2D eigenvalue weighted by atomic mass is 32.1. The number of rotatable bonds is 5. The predicted molar refractivity (Wildman–Crippen MR) is 112 cm³/mol. The fraction of sp³-hybridized carbons (Fsp3) is 0.300. The number of thiophene rings is 1. The molecule has 0 aliphatic carbocycles. The molecular weight excluding hydrogens is 447 g/mol. The standard InChI is InChI=1S/C18H19N5OS.C2HF3O2/c1-2-7-19-16(5-1)21-17-6-8-20-18(22-17)15-13-24-10-9-23(15)12-14-4-3-11-25-14;3-2(4,5)1(6)7/h1-8,11,15H,9-10,12-13H2,(H,19,20,21,22);(H,6,7). The Morgan fingerprint density at radius 2 is 2.00 bits per heavy atom. The fourth-order valence-electron chi connectivity index (χ4n) is 2.84. The van der Waals surface area contributed by atoms with Crippen molar-refractivity contribution in [3.63, 3.8) is 0 Å². The van der Waals surface area contributed by atoms with Gasteiger partial charge < -0.3 is 15.2 Å². The first-order valence-corrected chi connectivity index (χ1v) is 10.4. The number of aliphatic carboxylic acids is 1. The second-order valence-corrected chi connectivity index (χ2v) is 7.62. The quantitative estimate of drug-likeness (QED) is 0.583. The molecule has 3 aromatic heterocycles. The summed E-state index contributed by atoms with van der Waals surface area (Å²) in [4.78, 5) is 26.1. The van der Waals surface area contributed by atoms with E-state index < -0.39 is 12.1 Å². The minimum Gasteiger partial charge on any atom is -0.475 e. The number of halogens is 3. The van der Waals surface area contributed by atoms with Crippen LogP contribution < -0.4 is 5.32 Å². The predicted octanol–water partition coefficient (Wildman–Crippen LogP) is 3.88.